The smallest absolute Gasteiger partial charge is 0.118 e. The molecule has 0 heterocycles. The first-order valence-corrected chi connectivity index (χ1v) is 4.26. The summed E-state index contributed by atoms with van der Waals surface area (Å²) in [7, 11) is 0. The van der Waals surface area contributed by atoms with Crippen molar-refractivity contribution in [1.29, 1.82) is 0 Å². The molecule has 0 aliphatic rings. The third-order valence-electron chi connectivity index (χ3n) is 0.655. The van der Waals surface area contributed by atoms with E-state index in [2.05, 4.69) is 50.1 Å². The summed E-state index contributed by atoms with van der Waals surface area (Å²) < 4.78 is 1.92. The Labute approximate surface area is 77.2 Å². The van der Waals surface area contributed by atoms with Gasteiger partial charge >= 0.3 is 0 Å². The summed E-state index contributed by atoms with van der Waals surface area (Å²) in [5, 5.41) is 0. The van der Waals surface area contributed by atoms with Crippen molar-refractivity contribution in [3.05, 3.63) is 22.4 Å². The van der Waals surface area contributed by atoms with Crippen LogP contribution in [0, 0.1) is 0 Å². The van der Waals surface area contributed by atoms with Crippen LogP contribution in [0.15, 0.2) is 27.4 Å². The molecule has 0 saturated heterocycles. The standard InChI is InChI=1S/C6H7BrIN/c1-3-5(8)6(7)9-4-2/h3-4H,2H2,1H3/b5-3+,9-6?. The van der Waals surface area contributed by atoms with Crippen LogP contribution in [0.4, 0.5) is 0 Å². The van der Waals surface area contributed by atoms with Gasteiger partial charge in [-0.25, -0.2) is 4.99 Å². The van der Waals surface area contributed by atoms with Gasteiger partial charge in [0.05, 0.1) is 0 Å². The largest absolute Gasteiger partial charge is 0.249 e. The zero-order chi connectivity index (χ0) is 7.28. The van der Waals surface area contributed by atoms with Gasteiger partial charge in [-0.1, -0.05) is 12.7 Å². The Morgan fingerprint density at radius 2 is 2.33 bits per heavy atom. The molecule has 50 valence electrons. The Balaban J connectivity index is 4.19. The maximum absolute atomic E-state index is 3.92. The number of hydrogen-bond donors (Lipinski definition) is 0. The van der Waals surface area contributed by atoms with Crippen LogP contribution in [0.5, 0.6) is 0 Å². The molecule has 9 heavy (non-hydrogen) atoms. The fourth-order valence-electron chi connectivity index (χ4n) is 0.261. The highest BCUT2D eigenvalue weighted by Crippen LogP contribution is 2.12. The second kappa shape index (κ2) is 5.17. The Hall–Kier alpha value is 0.360. The van der Waals surface area contributed by atoms with Gasteiger partial charge in [-0.2, -0.15) is 0 Å². The lowest BCUT2D eigenvalue weighted by molar-refractivity contribution is 1.61. The molecule has 0 aromatic carbocycles. The van der Waals surface area contributed by atoms with Gasteiger partial charge in [0.15, 0.2) is 0 Å². The van der Waals surface area contributed by atoms with Crippen LogP contribution in [-0.4, -0.2) is 4.62 Å². The van der Waals surface area contributed by atoms with Crippen molar-refractivity contribution in [1.82, 2.24) is 0 Å². The predicted octanol–water partition coefficient (Wildman–Crippen LogP) is 3.26. The average molecular weight is 300 g/mol. The van der Waals surface area contributed by atoms with E-state index in [-0.39, 0.29) is 0 Å². The number of halogens is 2. The van der Waals surface area contributed by atoms with Gasteiger partial charge in [-0.05, 0) is 45.4 Å². The summed E-state index contributed by atoms with van der Waals surface area (Å²) in [5.41, 5.74) is 0. The summed E-state index contributed by atoms with van der Waals surface area (Å²) in [6, 6.07) is 0. The van der Waals surface area contributed by atoms with Gasteiger partial charge in [0.2, 0.25) is 0 Å². The molecule has 0 unspecified atom stereocenters. The van der Waals surface area contributed by atoms with E-state index in [9.17, 15) is 0 Å². The molecule has 1 nitrogen and oxygen atoms in total. The molecule has 0 amide bonds. The van der Waals surface area contributed by atoms with E-state index in [1.807, 2.05) is 13.0 Å². The van der Waals surface area contributed by atoms with Crippen LogP contribution < -0.4 is 0 Å². The molecule has 0 radical (unpaired) electrons. The molecular formula is C6H7BrIN. The van der Waals surface area contributed by atoms with E-state index in [0.29, 0.717) is 0 Å². The number of hydrogen-bond acceptors (Lipinski definition) is 1. The molecule has 0 rings (SSSR count). The molecule has 0 aliphatic heterocycles. The van der Waals surface area contributed by atoms with Crippen LogP contribution in [0.2, 0.25) is 0 Å². The fraction of sp³-hybridized carbons (Fsp3) is 0.167. The summed E-state index contributed by atoms with van der Waals surface area (Å²) in [5.74, 6) is 0. The summed E-state index contributed by atoms with van der Waals surface area (Å²) in [4.78, 5) is 3.92. The van der Waals surface area contributed by atoms with E-state index >= 15 is 0 Å². The molecular weight excluding hydrogens is 293 g/mol. The van der Waals surface area contributed by atoms with Crippen LogP contribution in [0.3, 0.4) is 0 Å². The van der Waals surface area contributed by atoms with Crippen LogP contribution in [0.25, 0.3) is 0 Å². The Morgan fingerprint density at radius 3 is 2.67 bits per heavy atom. The summed E-state index contributed by atoms with van der Waals surface area (Å²) in [6.45, 7) is 5.43. The van der Waals surface area contributed by atoms with Crippen LogP contribution in [-0.2, 0) is 0 Å². The number of rotatable bonds is 2. The molecule has 0 atom stereocenters. The van der Waals surface area contributed by atoms with E-state index in [1.165, 1.54) is 6.20 Å². The number of nitrogens with zero attached hydrogens (tertiary/aromatic N) is 1. The normalized spacial score (nSPS) is 13.7. The van der Waals surface area contributed by atoms with Crippen molar-refractivity contribution in [2.45, 2.75) is 6.92 Å². The Morgan fingerprint density at radius 1 is 1.78 bits per heavy atom. The highest BCUT2D eigenvalue weighted by molar-refractivity contribution is 14.1. The second-order valence-corrected chi connectivity index (χ2v) is 3.15. The van der Waals surface area contributed by atoms with Crippen LogP contribution >= 0.6 is 38.5 Å². The second-order valence-electron chi connectivity index (χ2n) is 1.24. The van der Waals surface area contributed by atoms with E-state index in [4.69, 9.17) is 0 Å². The zero-order valence-electron chi connectivity index (χ0n) is 5.06. The van der Waals surface area contributed by atoms with E-state index in [0.717, 1.165) is 8.20 Å². The molecule has 0 aromatic rings. The van der Waals surface area contributed by atoms with Gasteiger partial charge in [0.1, 0.15) is 4.62 Å². The molecule has 0 saturated carbocycles. The van der Waals surface area contributed by atoms with Crippen LogP contribution in [0.1, 0.15) is 6.92 Å². The highest BCUT2D eigenvalue weighted by Gasteiger charge is 1.92. The SMILES string of the molecule is C=CN=C(Br)/C(I)=C\C. The third kappa shape index (κ3) is 3.86. The van der Waals surface area contributed by atoms with Gasteiger partial charge in [-0.3, -0.25) is 0 Å². The van der Waals surface area contributed by atoms with Crippen molar-refractivity contribution in [2.24, 2.45) is 4.99 Å². The third-order valence-corrected chi connectivity index (χ3v) is 3.16. The predicted molar refractivity (Wildman–Crippen MR) is 54.3 cm³/mol. The van der Waals surface area contributed by atoms with Crippen molar-refractivity contribution in [3.8, 4) is 0 Å². The van der Waals surface area contributed by atoms with Gasteiger partial charge in [-0.15, -0.1) is 0 Å². The van der Waals surface area contributed by atoms with Gasteiger partial charge < -0.3 is 0 Å². The minimum absolute atomic E-state index is 0.834. The zero-order valence-corrected chi connectivity index (χ0v) is 8.81. The quantitative estimate of drug-likeness (QED) is 0.548. The topological polar surface area (TPSA) is 12.4 Å². The van der Waals surface area contributed by atoms with Crippen molar-refractivity contribution >= 4 is 43.1 Å². The number of allylic oxidation sites excluding steroid dienone is 2. The fourth-order valence-corrected chi connectivity index (χ4v) is 0.774. The van der Waals surface area contributed by atoms with Gasteiger partial charge in [0.25, 0.3) is 0 Å². The minimum Gasteiger partial charge on any atom is -0.249 e. The van der Waals surface area contributed by atoms with E-state index in [1.54, 1.807) is 0 Å². The lowest BCUT2D eigenvalue weighted by Gasteiger charge is -1.89. The van der Waals surface area contributed by atoms with E-state index < -0.39 is 0 Å². The summed E-state index contributed by atoms with van der Waals surface area (Å²) >= 11 is 5.46. The first-order chi connectivity index (χ1) is 4.22. The van der Waals surface area contributed by atoms with Crippen molar-refractivity contribution < 1.29 is 0 Å². The molecule has 0 fully saturated rings. The van der Waals surface area contributed by atoms with Gasteiger partial charge in [0, 0.05) is 9.78 Å². The number of aliphatic imine (C=N–C) groups is 1. The Bertz CT molecular complexity index is 160. The molecule has 3 heteroatoms. The maximum Gasteiger partial charge on any atom is 0.118 e. The Kier molecular flexibility index (Phi) is 5.38. The molecule has 0 N–H and O–H groups in total. The molecule has 0 bridgehead atoms. The first kappa shape index (κ1) is 9.36. The maximum atomic E-state index is 3.92. The molecule has 0 aliphatic carbocycles. The average Bonchev–Trinajstić information content (AvgIpc) is 1.87. The molecule has 0 aromatic heterocycles. The lowest BCUT2D eigenvalue weighted by atomic mass is 10.6. The minimum atomic E-state index is 0.834. The first-order valence-electron chi connectivity index (χ1n) is 2.38. The lowest BCUT2D eigenvalue weighted by Crippen LogP contribution is -1.81. The van der Waals surface area contributed by atoms with Crippen molar-refractivity contribution in [3.63, 3.8) is 0 Å². The highest BCUT2D eigenvalue weighted by atomic mass is 127. The monoisotopic (exact) mass is 299 g/mol. The summed E-state index contributed by atoms with van der Waals surface area (Å²) in [6.07, 6.45) is 3.48. The molecule has 0 spiro atoms. The van der Waals surface area contributed by atoms with Crippen molar-refractivity contribution in [2.75, 3.05) is 0 Å².